The lowest BCUT2D eigenvalue weighted by Gasteiger charge is -1.87. The first-order valence-corrected chi connectivity index (χ1v) is 2.54. The van der Waals surface area contributed by atoms with Crippen molar-refractivity contribution in [3.05, 3.63) is 12.3 Å². The van der Waals surface area contributed by atoms with Crippen molar-refractivity contribution in [1.82, 2.24) is 0 Å². The quantitative estimate of drug-likeness (QED) is 0.357. The predicted octanol–water partition coefficient (Wildman–Crippen LogP) is 0.817. The zero-order valence-corrected chi connectivity index (χ0v) is 4.96. The van der Waals surface area contributed by atoms with E-state index in [1.807, 2.05) is 0 Å². The number of hydrogen-bond donors (Lipinski definition) is 0. The number of allylic oxidation sites excluding steroid dienone is 1. The molecule has 1 heterocycles. The van der Waals surface area contributed by atoms with Gasteiger partial charge in [-0.05, 0) is 12.2 Å². The Hall–Kier alpha value is -0.700. The average Bonchev–Trinajstić information content (AvgIpc) is 1.85. The molecule has 0 bridgehead atoms. The summed E-state index contributed by atoms with van der Waals surface area (Å²) in [4.78, 5) is 10.5. The van der Waals surface area contributed by atoms with Crippen LogP contribution in [0.3, 0.4) is 0 Å². The number of rotatable bonds is 0. The Morgan fingerprint density at radius 1 is 1.75 bits per heavy atom. The summed E-state index contributed by atoms with van der Waals surface area (Å²) < 4.78 is 4.66. The second kappa shape index (κ2) is 1.67. The third kappa shape index (κ3) is 0.767. The van der Waals surface area contributed by atoms with Crippen LogP contribution >= 0.6 is 12.2 Å². The highest BCUT2D eigenvalue weighted by Crippen LogP contribution is 2.11. The van der Waals surface area contributed by atoms with Crippen LogP contribution in [0.15, 0.2) is 12.3 Å². The molecule has 0 atom stereocenters. The van der Waals surface area contributed by atoms with Crippen LogP contribution in [0.5, 0.6) is 0 Å². The molecule has 1 fully saturated rings. The molecule has 1 aliphatic heterocycles. The molecule has 0 N–H and O–H groups in total. The third-order valence-corrected chi connectivity index (χ3v) is 1.08. The summed E-state index contributed by atoms with van der Waals surface area (Å²) in [5, 5.41) is 0.333. The van der Waals surface area contributed by atoms with E-state index in [1.165, 1.54) is 0 Å². The van der Waals surface area contributed by atoms with Gasteiger partial charge in [-0.1, -0.05) is 6.58 Å². The Bertz CT molecular complexity index is 153. The predicted molar refractivity (Wildman–Crippen MR) is 32.4 cm³/mol. The minimum absolute atomic E-state index is 0.102. The summed E-state index contributed by atoms with van der Waals surface area (Å²) in [7, 11) is 0. The Kier molecular flexibility index (Phi) is 1.13. The molecule has 1 rings (SSSR count). The van der Waals surface area contributed by atoms with Gasteiger partial charge in [0.05, 0.1) is 6.42 Å². The van der Waals surface area contributed by atoms with Gasteiger partial charge in [-0.2, -0.15) is 0 Å². The summed E-state index contributed by atoms with van der Waals surface area (Å²) in [6, 6.07) is 0. The van der Waals surface area contributed by atoms with E-state index >= 15 is 0 Å². The first-order valence-electron chi connectivity index (χ1n) is 2.13. The molecule has 8 heavy (non-hydrogen) atoms. The topological polar surface area (TPSA) is 26.3 Å². The molecule has 0 aromatic carbocycles. The number of thiocarbonyl (C=S) groups is 1. The van der Waals surface area contributed by atoms with E-state index in [0.29, 0.717) is 5.05 Å². The van der Waals surface area contributed by atoms with Crippen LogP contribution in [-0.2, 0) is 9.53 Å². The molecule has 0 radical (unpaired) electrons. The molecule has 0 unspecified atom stereocenters. The Balaban J connectivity index is 2.79. The van der Waals surface area contributed by atoms with E-state index < -0.39 is 0 Å². The maximum atomic E-state index is 10.5. The normalized spacial score (nSPS) is 19.2. The summed E-state index contributed by atoms with van der Waals surface area (Å²) in [5.41, 5.74) is 0. The zero-order valence-electron chi connectivity index (χ0n) is 4.14. The molecule has 1 saturated heterocycles. The van der Waals surface area contributed by atoms with Gasteiger partial charge in [0.25, 0.3) is 0 Å². The van der Waals surface area contributed by atoms with Gasteiger partial charge in [0.1, 0.15) is 0 Å². The van der Waals surface area contributed by atoms with Crippen molar-refractivity contribution in [2.75, 3.05) is 0 Å². The maximum Gasteiger partial charge on any atom is 0.205 e. The average molecular weight is 128 g/mol. The van der Waals surface area contributed by atoms with Crippen LogP contribution in [0.25, 0.3) is 0 Å². The van der Waals surface area contributed by atoms with E-state index in [4.69, 9.17) is 0 Å². The van der Waals surface area contributed by atoms with Gasteiger partial charge in [-0.25, -0.2) is 0 Å². The van der Waals surface area contributed by atoms with E-state index in [-0.39, 0.29) is 18.0 Å². The molecule has 1 aliphatic rings. The summed E-state index contributed by atoms with van der Waals surface area (Å²) in [6.07, 6.45) is 0.230. The molecule has 3 heteroatoms. The monoisotopic (exact) mass is 128 g/mol. The van der Waals surface area contributed by atoms with E-state index in [1.54, 1.807) is 0 Å². The zero-order chi connectivity index (χ0) is 6.15. The number of carbonyl (C=O) groups is 1. The van der Waals surface area contributed by atoms with Crippen molar-refractivity contribution in [2.24, 2.45) is 0 Å². The van der Waals surface area contributed by atoms with Gasteiger partial charge in [0.15, 0.2) is 10.8 Å². The Morgan fingerprint density at radius 2 is 2.38 bits per heavy atom. The van der Waals surface area contributed by atoms with Crippen molar-refractivity contribution in [2.45, 2.75) is 6.42 Å². The van der Waals surface area contributed by atoms with Crippen molar-refractivity contribution in [1.29, 1.82) is 0 Å². The molecule has 0 aromatic rings. The van der Waals surface area contributed by atoms with Crippen LogP contribution < -0.4 is 0 Å². The number of Topliss-reactive ketones (excluding diaryl/α,β-unsaturated/α-hetero) is 1. The second-order valence-electron chi connectivity index (χ2n) is 1.50. The summed E-state index contributed by atoms with van der Waals surface area (Å²) >= 11 is 4.57. The van der Waals surface area contributed by atoms with Crippen molar-refractivity contribution in [3.63, 3.8) is 0 Å². The molecule has 0 saturated carbocycles. The Morgan fingerprint density at radius 3 is 2.50 bits per heavy atom. The highest BCUT2D eigenvalue weighted by molar-refractivity contribution is 7.80. The van der Waals surface area contributed by atoms with Crippen molar-refractivity contribution in [3.8, 4) is 0 Å². The van der Waals surface area contributed by atoms with E-state index in [2.05, 4.69) is 23.5 Å². The fourth-order valence-corrected chi connectivity index (χ4v) is 0.692. The van der Waals surface area contributed by atoms with Gasteiger partial charge in [0.2, 0.25) is 5.78 Å². The molecular weight excluding hydrogens is 124 g/mol. The van der Waals surface area contributed by atoms with Crippen LogP contribution in [-0.4, -0.2) is 10.8 Å². The lowest BCUT2D eigenvalue weighted by molar-refractivity contribution is -0.114. The van der Waals surface area contributed by atoms with Gasteiger partial charge >= 0.3 is 0 Å². The van der Waals surface area contributed by atoms with Crippen molar-refractivity contribution >= 4 is 23.1 Å². The fraction of sp³-hybridized carbons (Fsp3) is 0.200. The van der Waals surface area contributed by atoms with Gasteiger partial charge in [0, 0.05) is 0 Å². The molecule has 0 spiro atoms. The third-order valence-electron chi connectivity index (χ3n) is 0.853. The second-order valence-corrected chi connectivity index (χ2v) is 1.95. The molecule has 0 aliphatic carbocycles. The summed E-state index contributed by atoms with van der Waals surface area (Å²) in [6.45, 7) is 3.33. The standard InChI is InChI=1S/C5H4O2S/c1-3-4(6)2-5(8)7-3/h1-2H2. The molecule has 0 amide bonds. The highest BCUT2D eigenvalue weighted by atomic mass is 32.1. The lowest BCUT2D eigenvalue weighted by Crippen LogP contribution is -1.88. The van der Waals surface area contributed by atoms with E-state index in [9.17, 15) is 4.79 Å². The first-order chi connectivity index (χ1) is 3.70. The minimum Gasteiger partial charge on any atom is -0.447 e. The SMILES string of the molecule is C=C1OC(=S)CC1=O. The maximum absolute atomic E-state index is 10.5. The number of ketones is 1. The van der Waals surface area contributed by atoms with Gasteiger partial charge < -0.3 is 4.74 Å². The first kappa shape index (κ1) is 5.44. The number of ether oxygens (including phenoxy) is 1. The minimum atomic E-state index is -0.102. The lowest BCUT2D eigenvalue weighted by atomic mass is 10.3. The van der Waals surface area contributed by atoms with Crippen LogP contribution in [0.1, 0.15) is 6.42 Å². The summed E-state index contributed by atoms with van der Waals surface area (Å²) in [5.74, 6) is 0.0741. The largest absolute Gasteiger partial charge is 0.447 e. The van der Waals surface area contributed by atoms with Crippen LogP contribution in [0, 0.1) is 0 Å². The number of carbonyl (C=O) groups excluding carboxylic acids is 1. The fourth-order valence-electron chi connectivity index (χ4n) is 0.460. The smallest absolute Gasteiger partial charge is 0.205 e. The molecule has 2 nitrogen and oxygen atoms in total. The van der Waals surface area contributed by atoms with Gasteiger partial charge in [-0.3, -0.25) is 4.79 Å². The molecule has 0 aromatic heterocycles. The Labute approximate surface area is 52.1 Å². The van der Waals surface area contributed by atoms with E-state index in [0.717, 1.165) is 0 Å². The van der Waals surface area contributed by atoms with Gasteiger partial charge in [-0.15, -0.1) is 0 Å². The molecule has 42 valence electrons. The highest BCUT2D eigenvalue weighted by Gasteiger charge is 2.21. The van der Waals surface area contributed by atoms with Crippen LogP contribution in [0.4, 0.5) is 0 Å². The van der Waals surface area contributed by atoms with Crippen LogP contribution in [0.2, 0.25) is 0 Å². The van der Waals surface area contributed by atoms with Crippen molar-refractivity contribution < 1.29 is 9.53 Å². The number of hydrogen-bond acceptors (Lipinski definition) is 3. The molecular formula is C5H4O2S.